The van der Waals surface area contributed by atoms with Gasteiger partial charge in [0.15, 0.2) is 0 Å². The van der Waals surface area contributed by atoms with Crippen molar-refractivity contribution < 1.29 is 14.4 Å². The van der Waals surface area contributed by atoms with Crippen LogP contribution in [0.2, 0.25) is 0 Å². The van der Waals surface area contributed by atoms with E-state index in [1.165, 1.54) is 0 Å². The molecule has 0 saturated carbocycles. The smallest absolute Gasteiger partial charge is 0.254 e. The summed E-state index contributed by atoms with van der Waals surface area (Å²) in [5, 5.41) is 13.7. The van der Waals surface area contributed by atoms with Crippen LogP contribution in [0.15, 0.2) is 46.5 Å². The van der Waals surface area contributed by atoms with E-state index in [0.717, 1.165) is 63.1 Å². The van der Waals surface area contributed by atoms with E-state index in [1.807, 2.05) is 18.2 Å². The molecule has 0 aromatic carbocycles. The quantitative estimate of drug-likeness (QED) is 0.833. The van der Waals surface area contributed by atoms with Crippen LogP contribution in [0.4, 0.5) is 0 Å². The number of piperidine rings is 1. The summed E-state index contributed by atoms with van der Waals surface area (Å²) < 4.78 is 11.0. The van der Waals surface area contributed by atoms with Crippen LogP contribution in [-0.4, -0.2) is 47.5 Å². The predicted molar refractivity (Wildman–Crippen MR) is 93.0 cm³/mol. The summed E-state index contributed by atoms with van der Waals surface area (Å²) >= 11 is 0. The van der Waals surface area contributed by atoms with Crippen molar-refractivity contribution in [1.29, 1.82) is 0 Å². The molecular formula is C19H26N2O3. The number of rotatable bonds is 7. The second kappa shape index (κ2) is 8.85. The van der Waals surface area contributed by atoms with Crippen LogP contribution < -0.4 is 4.74 Å². The number of aryl methyl sites for hydroxylation is 1. The lowest BCUT2D eigenvalue weighted by Crippen LogP contribution is -2.38. The Kier molecular flexibility index (Phi) is 6.26. The molecule has 0 amide bonds. The highest BCUT2D eigenvalue weighted by molar-refractivity contribution is 5.27. The summed E-state index contributed by atoms with van der Waals surface area (Å²) in [6, 6.07) is 1.88. The molecule has 130 valence electrons. The van der Waals surface area contributed by atoms with Crippen molar-refractivity contribution >= 4 is 0 Å². The van der Waals surface area contributed by atoms with Crippen LogP contribution in [0.25, 0.3) is 0 Å². The van der Waals surface area contributed by atoms with Crippen LogP contribution in [0.3, 0.4) is 0 Å². The lowest BCUT2D eigenvalue weighted by atomic mass is 10.1. The van der Waals surface area contributed by atoms with Gasteiger partial charge in [-0.2, -0.15) is 0 Å². The van der Waals surface area contributed by atoms with E-state index in [2.05, 4.69) is 28.3 Å². The van der Waals surface area contributed by atoms with Gasteiger partial charge in [-0.1, -0.05) is 30.4 Å². The average Bonchev–Trinajstić information content (AvgIpc) is 2.87. The van der Waals surface area contributed by atoms with Gasteiger partial charge in [-0.3, -0.25) is 0 Å². The monoisotopic (exact) mass is 330 g/mol. The molecule has 0 spiro atoms. The van der Waals surface area contributed by atoms with Crippen molar-refractivity contribution in [2.45, 2.75) is 38.2 Å². The Morgan fingerprint density at radius 2 is 2.33 bits per heavy atom. The second-order valence-electron chi connectivity index (χ2n) is 6.42. The molecule has 5 heteroatoms. The van der Waals surface area contributed by atoms with Gasteiger partial charge in [0, 0.05) is 19.0 Å². The third kappa shape index (κ3) is 5.35. The average molecular weight is 330 g/mol. The van der Waals surface area contributed by atoms with Gasteiger partial charge >= 0.3 is 0 Å². The van der Waals surface area contributed by atoms with Gasteiger partial charge < -0.3 is 19.3 Å². The Morgan fingerprint density at radius 1 is 1.38 bits per heavy atom. The second-order valence-corrected chi connectivity index (χ2v) is 6.42. The first kappa shape index (κ1) is 17.0. The molecule has 0 radical (unpaired) electrons. The fourth-order valence-corrected chi connectivity index (χ4v) is 3.08. The zero-order valence-corrected chi connectivity index (χ0v) is 14.1. The van der Waals surface area contributed by atoms with Crippen molar-refractivity contribution in [3.05, 3.63) is 47.8 Å². The maximum atomic E-state index is 9.68. The van der Waals surface area contributed by atoms with E-state index >= 15 is 0 Å². The summed E-state index contributed by atoms with van der Waals surface area (Å²) in [5.41, 5.74) is 1.15. The molecule has 1 saturated heterocycles. The largest absolute Gasteiger partial charge is 0.471 e. The molecule has 1 aromatic heterocycles. The standard InChI is InChI=1S/C19H26N2O3/c22-17-9-5-11-21(14-17)12-6-10-18-13-19(20-24-18)23-15-16-7-3-1-2-4-8-16/h1-3,7-8,13,17,22H,4-6,9-12,14-15H2/t17-/m0/s1. The highest BCUT2D eigenvalue weighted by Crippen LogP contribution is 2.16. The molecule has 1 aliphatic carbocycles. The molecule has 1 atom stereocenters. The highest BCUT2D eigenvalue weighted by Gasteiger charge is 2.17. The maximum Gasteiger partial charge on any atom is 0.254 e. The van der Waals surface area contributed by atoms with Gasteiger partial charge in [-0.05, 0) is 49.5 Å². The van der Waals surface area contributed by atoms with Gasteiger partial charge in [0.25, 0.3) is 5.88 Å². The zero-order valence-electron chi connectivity index (χ0n) is 14.1. The van der Waals surface area contributed by atoms with Crippen LogP contribution in [0, 0.1) is 0 Å². The third-order valence-electron chi connectivity index (χ3n) is 4.38. The maximum absolute atomic E-state index is 9.68. The van der Waals surface area contributed by atoms with Crippen LogP contribution in [-0.2, 0) is 6.42 Å². The van der Waals surface area contributed by atoms with E-state index in [9.17, 15) is 5.11 Å². The lowest BCUT2D eigenvalue weighted by Gasteiger charge is -2.29. The molecule has 5 nitrogen and oxygen atoms in total. The number of aliphatic hydroxyl groups is 1. The van der Waals surface area contributed by atoms with E-state index in [1.54, 1.807) is 0 Å². The number of allylic oxidation sites excluding steroid dienone is 4. The fraction of sp³-hybridized carbons (Fsp3) is 0.526. The predicted octanol–water partition coefficient (Wildman–Crippen LogP) is 2.89. The summed E-state index contributed by atoms with van der Waals surface area (Å²) in [7, 11) is 0. The van der Waals surface area contributed by atoms with Gasteiger partial charge in [0.2, 0.25) is 0 Å². The fourth-order valence-electron chi connectivity index (χ4n) is 3.08. The zero-order chi connectivity index (χ0) is 16.6. The van der Waals surface area contributed by atoms with Gasteiger partial charge in [-0.15, -0.1) is 0 Å². The number of aliphatic hydroxyl groups excluding tert-OH is 1. The molecule has 2 aliphatic rings. The summed E-state index contributed by atoms with van der Waals surface area (Å²) in [6.07, 6.45) is 15.0. The summed E-state index contributed by atoms with van der Waals surface area (Å²) in [5.74, 6) is 1.40. The number of hydrogen-bond acceptors (Lipinski definition) is 5. The minimum Gasteiger partial charge on any atom is -0.471 e. The number of aromatic nitrogens is 1. The number of ether oxygens (including phenoxy) is 1. The van der Waals surface area contributed by atoms with Crippen LogP contribution in [0.5, 0.6) is 5.88 Å². The molecule has 0 unspecified atom stereocenters. The van der Waals surface area contributed by atoms with Crippen LogP contribution in [0.1, 0.15) is 31.4 Å². The Bertz CT molecular complexity index is 604. The van der Waals surface area contributed by atoms with Crippen molar-refractivity contribution in [2.24, 2.45) is 0 Å². The van der Waals surface area contributed by atoms with E-state index in [-0.39, 0.29) is 6.10 Å². The van der Waals surface area contributed by atoms with Gasteiger partial charge in [0.05, 0.1) is 6.10 Å². The Morgan fingerprint density at radius 3 is 3.25 bits per heavy atom. The minimum absolute atomic E-state index is 0.161. The summed E-state index contributed by atoms with van der Waals surface area (Å²) in [6.45, 7) is 3.37. The molecular weight excluding hydrogens is 304 g/mol. The molecule has 2 heterocycles. The first-order chi connectivity index (χ1) is 11.8. The molecule has 1 aliphatic heterocycles. The Labute approximate surface area is 143 Å². The number of β-amino-alcohol motifs (C(OH)–C–C–N with tert-alkyl or cyclic N) is 1. The van der Waals surface area contributed by atoms with Gasteiger partial charge in [-0.25, -0.2) is 0 Å². The molecule has 1 N–H and O–H groups in total. The topological polar surface area (TPSA) is 58.7 Å². The molecule has 1 fully saturated rings. The van der Waals surface area contributed by atoms with E-state index < -0.39 is 0 Å². The molecule has 0 bridgehead atoms. The lowest BCUT2D eigenvalue weighted by molar-refractivity contribution is 0.0700. The number of hydrogen-bond donors (Lipinski definition) is 1. The molecule has 3 rings (SSSR count). The van der Waals surface area contributed by atoms with Crippen molar-refractivity contribution in [3.8, 4) is 5.88 Å². The molecule has 24 heavy (non-hydrogen) atoms. The first-order valence-corrected chi connectivity index (χ1v) is 8.80. The Hall–Kier alpha value is -1.85. The minimum atomic E-state index is -0.161. The SMILES string of the molecule is O[C@H]1CCCN(CCCc2cc(OCC3=CCC=CC=C3)no2)C1. The van der Waals surface area contributed by atoms with Crippen molar-refractivity contribution in [1.82, 2.24) is 10.1 Å². The highest BCUT2D eigenvalue weighted by atomic mass is 16.5. The third-order valence-corrected chi connectivity index (χ3v) is 4.38. The number of likely N-dealkylation sites (tertiary alicyclic amines) is 1. The van der Waals surface area contributed by atoms with Gasteiger partial charge in [0.1, 0.15) is 12.4 Å². The van der Waals surface area contributed by atoms with Crippen molar-refractivity contribution in [3.63, 3.8) is 0 Å². The van der Waals surface area contributed by atoms with Crippen molar-refractivity contribution in [2.75, 3.05) is 26.2 Å². The van der Waals surface area contributed by atoms with E-state index in [4.69, 9.17) is 9.26 Å². The Balaban J connectivity index is 1.38. The van der Waals surface area contributed by atoms with Crippen LogP contribution >= 0.6 is 0 Å². The summed E-state index contributed by atoms with van der Waals surface area (Å²) in [4.78, 5) is 2.32. The molecule has 1 aromatic rings. The number of nitrogens with zero attached hydrogens (tertiary/aromatic N) is 2. The first-order valence-electron chi connectivity index (χ1n) is 8.80. The van der Waals surface area contributed by atoms with E-state index in [0.29, 0.717) is 12.5 Å². The normalized spacial score (nSPS) is 21.5.